The van der Waals surface area contributed by atoms with Crippen molar-refractivity contribution in [2.24, 2.45) is 0 Å². The van der Waals surface area contributed by atoms with Crippen molar-refractivity contribution in [1.29, 1.82) is 0 Å². The molecule has 31 heavy (non-hydrogen) atoms. The molecule has 2 N–H and O–H groups in total. The monoisotopic (exact) mass is 414 g/mol. The van der Waals surface area contributed by atoms with Crippen LogP contribution < -0.4 is 15.0 Å². The molecular weight excluding hydrogens is 392 g/mol. The molecule has 1 fully saturated rings. The van der Waals surface area contributed by atoms with Gasteiger partial charge in [0.05, 0.1) is 13.2 Å². The van der Waals surface area contributed by atoms with E-state index >= 15 is 0 Å². The second-order valence-electron chi connectivity index (χ2n) is 7.04. The van der Waals surface area contributed by atoms with Gasteiger partial charge in [-0.15, -0.1) is 0 Å². The van der Waals surface area contributed by atoms with E-state index in [1.165, 1.54) is 0 Å². The van der Waals surface area contributed by atoms with Gasteiger partial charge in [-0.3, -0.25) is 5.10 Å². The number of ether oxygens (including phenoxy) is 2. The van der Waals surface area contributed by atoms with Crippen LogP contribution in [0, 0.1) is 0 Å². The highest BCUT2D eigenvalue weighted by molar-refractivity contribution is 5.70. The molecule has 1 saturated heterocycles. The summed E-state index contributed by atoms with van der Waals surface area (Å²) in [5.41, 5.74) is 2.04. The standard InChI is InChI=1S/C23H22N6O2/c1-2-6-17(7-3-1)18-8-4-5-9-19(18)31-23-26-21(25-20-10-11-24-28-20)16-22(27-23)29-12-14-30-15-13-29/h1-11,16H,12-15H2,(H2,24,25,26,27,28). The van der Waals surface area contributed by atoms with Crippen LogP contribution in [0.15, 0.2) is 72.9 Å². The van der Waals surface area contributed by atoms with Gasteiger partial charge in [0, 0.05) is 37.0 Å². The minimum Gasteiger partial charge on any atom is -0.424 e. The van der Waals surface area contributed by atoms with Crippen molar-refractivity contribution in [1.82, 2.24) is 20.2 Å². The zero-order chi connectivity index (χ0) is 20.9. The molecule has 0 aliphatic carbocycles. The second-order valence-corrected chi connectivity index (χ2v) is 7.04. The van der Waals surface area contributed by atoms with E-state index in [2.05, 4.69) is 42.5 Å². The topological polar surface area (TPSA) is 88.2 Å². The minimum absolute atomic E-state index is 0.269. The lowest BCUT2D eigenvalue weighted by Crippen LogP contribution is -2.36. The number of nitrogens with zero attached hydrogens (tertiary/aromatic N) is 4. The maximum atomic E-state index is 6.21. The van der Waals surface area contributed by atoms with Crippen LogP contribution in [-0.2, 0) is 4.74 Å². The number of anilines is 3. The average molecular weight is 414 g/mol. The lowest BCUT2D eigenvalue weighted by molar-refractivity contribution is 0.122. The van der Waals surface area contributed by atoms with Crippen molar-refractivity contribution >= 4 is 17.5 Å². The number of rotatable bonds is 6. The zero-order valence-electron chi connectivity index (χ0n) is 16.9. The van der Waals surface area contributed by atoms with Gasteiger partial charge in [-0.05, 0) is 11.6 Å². The van der Waals surface area contributed by atoms with Crippen LogP contribution in [0.1, 0.15) is 0 Å². The Morgan fingerprint density at radius 2 is 1.71 bits per heavy atom. The summed E-state index contributed by atoms with van der Waals surface area (Å²) in [5, 5.41) is 10.1. The van der Waals surface area contributed by atoms with Gasteiger partial charge in [-0.25, -0.2) is 0 Å². The predicted octanol–water partition coefficient (Wildman–Crippen LogP) is 4.24. The number of nitrogens with one attached hydrogen (secondary N) is 2. The molecule has 0 bridgehead atoms. The number of aromatic amines is 1. The number of hydrogen-bond acceptors (Lipinski definition) is 7. The minimum atomic E-state index is 0.269. The van der Waals surface area contributed by atoms with Gasteiger partial charge in [0.25, 0.3) is 0 Å². The predicted molar refractivity (Wildman–Crippen MR) is 119 cm³/mol. The fourth-order valence-electron chi connectivity index (χ4n) is 3.45. The Bertz CT molecular complexity index is 1130. The Labute approximate surface area is 179 Å². The summed E-state index contributed by atoms with van der Waals surface area (Å²) in [5.74, 6) is 2.75. The van der Waals surface area contributed by atoms with Gasteiger partial charge in [0.1, 0.15) is 17.4 Å². The van der Waals surface area contributed by atoms with Crippen molar-refractivity contribution in [2.45, 2.75) is 0 Å². The Morgan fingerprint density at radius 1 is 0.903 bits per heavy atom. The van der Waals surface area contributed by atoms with E-state index in [0.717, 1.165) is 30.0 Å². The molecule has 2 aromatic carbocycles. The number of hydrogen-bond donors (Lipinski definition) is 2. The van der Waals surface area contributed by atoms with Crippen molar-refractivity contribution in [3.05, 3.63) is 72.9 Å². The van der Waals surface area contributed by atoms with Crippen LogP contribution in [0.2, 0.25) is 0 Å². The van der Waals surface area contributed by atoms with Crippen molar-refractivity contribution in [3.63, 3.8) is 0 Å². The molecule has 8 heteroatoms. The number of benzene rings is 2. The number of para-hydroxylation sites is 1. The summed E-state index contributed by atoms with van der Waals surface area (Å²) in [6.07, 6.45) is 1.75. The summed E-state index contributed by atoms with van der Waals surface area (Å²) in [4.78, 5) is 11.4. The van der Waals surface area contributed by atoms with E-state index in [0.29, 0.717) is 30.6 Å². The van der Waals surface area contributed by atoms with E-state index in [1.807, 2.05) is 54.6 Å². The number of H-pyrrole nitrogens is 1. The van der Waals surface area contributed by atoms with E-state index in [4.69, 9.17) is 9.47 Å². The van der Waals surface area contributed by atoms with E-state index in [-0.39, 0.29) is 6.01 Å². The summed E-state index contributed by atoms with van der Waals surface area (Å²) < 4.78 is 11.7. The largest absolute Gasteiger partial charge is 0.424 e. The summed E-state index contributed by atoms with van der Waals surface area (Å²) in [6, 6.07) is 22.0. The first-order valence-electron chi connectivity index (χ1n) is 10.2. The fourth-order valence-corrected chi connectivity index (χ4v) is 3.45. The molecule has 1 aliphatic rings. The highest BCUT2D eigenvalue weighted by Gasteiger charge is 2.17. The van der Waals surface area contributed by atoms with Crippen molar-refractivity contribution in [2.75, 3.05) is 36.5 Å². The van der Waals surface area contributed by atoms with Crippen molar-refractivity contribution in [3.8, 4) is 22.9 Å². The lowest BCUT2D eigenvalue weighted by Gasteiger charge is -2.28. The second kappa shape index (κ2) is 8.85. The molecule has 5 rings (SSSR count). The van der Waals surface area contributed by atoms with E-state index < -0.39 is 0 Å². The Balaban J connectivity index is 1.50. The third-order valence-electron chi connectivity index (χ3n) is 4.96. The molecule has 0 unspecified atom stereocenters. The first-order valence-corrected chi connectivity index (χ1v) is 10.2. The number of morpholine rings is 1. The third kappa shape index (κ3) is 4.49. The molecule has 0 amide bonds. The molecule has 0 saturated carbocycles. The maximum Gasteiger partial charge on any atom is 0.325 e. The SMILES string of the molecule is c1ccc(-c2ccccc2Oc2nc(Nc3cc[nH]n3)cc(N3CCOCC3)n2)cc1. The summed E-state index contributed by atoms with van der Waals surface area (Å²) in [6.45, 7) is 2.86. The first-order chi connectivity index (χ1) is 15.3. The third-order valence-corrected chi connectivity index (χ3v) is 4.96. The quantitative estimate of drug-likeness (QED) is 0.488. The molecule has 1 aliphatic heterocycles. The molecule has 3 heterocycles. The zero-order valence-corrected chi connectivity index (χ0v) is 16.9. The smallest absolute Gasteiger partial charge is 0.325 e. The summed E-state index contributed by atoms with van der Waals surface area (Å²) >= 11 is 0. The summed E-state index contributed by atoms with van der Waals surface area (Å²) in [7, 11) is 0. The molecular formula is C23H22N6O2. The highest BCUT2D eigenvalue weighted by atomic mass is 16.5. The number of aromatic nitrogens is 4. The molecule has 4 aromatic rings. The van der Waals surface area contributed by atoms with E-state index in [1.54, 1.807) is 6.20 Å². The normalized spacial score (nSPS) is 13.7. The molecule has 0 radical (unpaired) electrons. The lowest BCUT2D eigenvalue weighted by atomic mass is 10.1. The van der Waals surface area contributed by atoms with Crippen LogP contribution >= 0.6 is 0 Å². The van der Waals surface area contributed by atoms with Crippen molar-refractivity contribution < 1.29 is 9.47 Å². The van der Waals surface area contributed by atoms with Crippen LogP contribution in [0.5, 0.6) is 11.8 Å². The van der Waals surface area contributed by atoms with Crippen LogP contribution in [-0.4, -0.2) is 46.5 Å². The Morgan fingerprint density at radius 3 is 2.52 bits per heavy atom. The Kier molecular flexibility index (Phi) is 5.44. The molecule has 0 spiro atoms. The average Bonchev–Trinajstić information content (AvgIpc) is 3.33. The molecule has 156 valence electrons. The maximum absolute atomic E-state index is 6.21. The fraction of sp³-hybridized carbons (Fsp3) is 0.174. The van der Waals surface area contributed by atoms with Crippen LogP contribution in [0.25, 0.3) is 11.1 Å². The molecule has 8 nitrogen and oxygen atoms in total. The van der Waals surface area contributed by atoms with Gasteiger partial charge in [0.15, 0.2) is 5.82 Å². The van der Waals surface area contributed by atoms with Gasteiger partial charge in [-0.2, -0.15) is 15.1 Å². The van der Waals surface area contributed by atoms with Gasteiger partial charge >= 0.3 is 6.01 Å². The van der Waals surface area contributed by atoms with Gasteiger partial charge < -0.3 is 19.7 Å². The molecule has 2 aromatic heterocycles. The first kappa shape index (κ1) is 19.1. The molecule has 0 atom stereocenters. The van der Waals surface area contributed by atoms with Crippen LogP contribution in [0.3, 0.4) is 0 Å². The van der Waals surface area contributed by atoms with Crippen LogP contribution in [0.4, 0.5) is 17.5 Å². The Hall–Kier alpha value is -3.91. The van der Waals surface area contributed by atoms with Gasteiger partial charge in [0.2, 0.25) is 0 Å². The highest BCUT2D eigenvalue weighted by Crippen LogP contribution is 2.33. The van der Waals surface area contributed by atoms with E-state index in [9.17, 15) is 0 Å². The van der Waals surface area contributed by atoms with Gasteiger partial charge in [-0.1, -0.05) is 48.5 Å².